The molecule has 1 atom stereocenters. The molecule has 1 aliphatic heterocycles. The van der Waals surface area contributed by atoms with Crippen molar-refractivity contribution in [2.24, 2.45) is 0 Å². The molecule has 1 heterocycles. The molecule has 116 valence electrons. The van der Waals surface area contributed by atoms with Crippen LogP contribution in [0, 0.1) is 5.82 Å². The number of halogens is 1. The van der Waals surface area contributed by atoms with Gasteiger partial charge in [0.1, 0.15) is 11.9 Å². The first-order valence-electron chi connectivity index (χ1n) is 6.48. The lowest BCUT2D eigenvalue weighted by atomic mass is 10.3. The van der Waals surface area contributed by atoms with Crippen LogP contribution < -0.4 is 0 Å². The molecule has 0 N–H and O–H groups in total. The number of ether oxygens (including phenoxy) is 1. The Morgan fingerprint density at radius 3 is 2.71 bits per heavy atom. The Balaban J connectivity index is 2.31. The van der Waals surface area contributed by atoms with Gasteiger partial charge in [0.25, 0.3) is 0 Å². The van der Waals surface area contributed by atoms with E-state index in [4.69, 9.17) is 4.74 Å². The van der Waals surface area contributed by atoms with Crippen molar-refractivity contribution < 1.29 is 22.3 Å². The molecule has 0 aliphatic carbocycles. The quantitative estimate of drug-likeness (QED) is 0.781. The van der Waals surface area contributed by atoms with Gasteiger partial charge in [-0.2, -0.15) is 16.1 Å². The Morgan fingerprint density at radius 2 is 2.10 bits per heavy atom. The molecule has 0 saturated carbocycles. The number of nitrogens with zero attached hydrogens (tertiary/aromatic N) is 1. The van der Waals surface area contributed by atoms with Gasteiger partial charge in [0.05, 0.1) is 11.5 Å². The number of carbonyl (C=O) groups excluding carboxylic acids is 1. The van der Waals surface area contributed by atoms with Crippen molar-refractivity contribution in [2.45, 2.75) is 17.9 Å². The lowest BCUT2D eigenvalue weighted by molar-refractivity contribution is -0.146. The first-order valence-corrected chi connectivity index (χ1v) is 9.08. The number of thioether (sulfide) groups is 1. The van der Waals surface area contributed by atoms with Gasteiger partial charge in [-0.25, -0.2) is 12.8 Å². The summed E-state index contributed by atoms with van der Waals surface area (Å²) < 4.78 is 44.2. The van der Waals surface area contributed by atoms with E-state index in [1.807, 2.05) is 0 Å². The zero-order valence-electron chi connectivity index (χ0n) is 11.5. The number of hydrogen-bond acceptors (Lipinski definition) is 5. The van der Waals surface area contributed by atoms with Crippen LogP contribution in [0.4, 0.5) is 4.39 Å². The molecular formula is C13H16FNO4S2. The third-order valence-electron chi connectivity index (χ3n) is 3.06. The Morgan fingerprint density at radius 1 is 1.43 bits per heavy atom. The molecule has 1 aromatic carbocycles. The molecule has 0 amide bonds. The second kappa shape index (κ2) is 6.76. The van der Waals surface area contributed by atoms with Crippen LogP contribution in [0.25, 0.3) is 0 Å². The summed E-state index contributed by atoms with van der Waals surface area (Å²) in [4.78, 5) is 11.9. The normalized spacial score (nSPS) is 20.2. The molecule has 1 aromatic rings. The summed E-state index contributed by atoms with van der Waals surface area (Å²) >= 11 is 1.51. The fourth-order valence-electron chi connectivity index (χ4n) is 2.04. The van der Waals surface area contributed by atoms with E-state index >= 15 is 0 Å². The number of esters is 1. The maximum atomic E-state index is 12.9. The average molecular weight is 333 g/mol. The monoisotopic (exact) mass is 333 g/mol. The fourth-order valence-corrected chi connectivity index (χ4v) is 4.86. The molecule has 21 heavy (non-hydrogen) atoms. The number of hydrogen-bond donors (Lipinski definition) is 0. The SMILES string of the molecule is CCOC(=O)C1CSCCN1S(=O)(=O)c1ccc(F)cc1. The Kier molecular flexibility index (Phi) is 5.23. The van der Waals surface area contributed by atoms with E-state index in [2.05, 4.69) is 0 Å². The van der Waals surface area contributed by atoms with E-state index in [-0.39, 0.29) is 18.0 Å². The maximum Gasteiger partial charge on any atom is 0.325 e. The van der Waals surface area contributed by atoms with Crippen molar-refractivity contribution in [2.75, 3.05) is 24.7 Å². The Bertz CT molecular complexity index is 603. The summed E-state index contributed by atoms with van der Waals surface area (Å²) in [6, 6.07) is 3.75. The van der Waals surface area contributed by atoms with E-state index in [1.54, 1.807) is 6.92 Å². The molecule has 5 nitrogen and oxygen atoms in total. The lowest BCUT2D eigenvalue weighted by Gasteiger charge is -2.32. The molecule has 1 unspecified atom stereocenters. The van der Waals surface area contributed by atoms with Crippen molar-refractivity contribution >= 4 is 27.8 Å². The van der Waals surface area contributed by atoms with Crippen LogP contribution in [0.15, 0.2) is 29.2 Å². The highest BCUT2D eigenvalue weighted by atomic mass is 32.2. The molecular weight excluding hydrogens is 317 g/mol. The molecule has 0 bridgehead atoms. The first kappa shape index (κ1) is 16.3. The predicted octanol–water partition coefficient (Wildman–Crippen LogP) is 1.49. The van der Waals surface area contributed by atoms with Gasteiger partial charge in [-0.15, -0.1) is 0 Å². The molecule has 1 saturated heterocycles. The summed E-state index contributed by atoms with van der Waals surface area (Å²) in [7, 11) is -3.84. The van der Waals surface area contributed by atoms with E-state index < -0.39 is 27.9 Å². The number of rotatable bonds is 4. The third kappa shape index (κ3) is 3.56. The summed E-state index contributed by atoms with van der Waals surface area (Å²) in [6.45, 7) is 2.10. The van der Waals surface area contributed by atoms with Gasteiger partial charge in [-0.1, -0.05) is 0 Å². The minimum absolute atomic E-state index is 0.0231. The van der Waals surface area contributed by atoms with E-state index in [1.165, 1.54) is 23.9 Å². The molecule has 0 spiro atoms. The molecule has 2 rings (SSSR count). The lowest BCUT2D eigenvalue weighted by Crippen LogP contribution is -2.50. The molecule has 1 fully saturated rings. The molecule has 1 aliphatic rings. The highest BCUT2D eigenvalue weighted by molar-refractivity contribution is 7.99. The zero-order valence-corrected chi connectivity index (χ0v) is 13.1. The van der Waals surface area contributed by atoms with Crippen molar-refractivity contribution in [1.29, 1.82) is 0 Å². The smallest absolute Gasteiger partial charge is 0.325 e. The Hall–Kier alpha value is -1.12. The van der Waals surface area contributed by atoms with Crippen LogP contribution in [0.3, 0.4) is 0 Å². The van der Waals surface area contributed by atoms with Crippen LogP contribution in [-0.4, -0.2) is 49.4 Å². The maximum absolute atomic E-state index is 12.9. The second-order valence-corrected chi connectivity index (χ2v) is 7.45. The van der Waals surface area contributed by atoms with Crippen LogP contribution in [0.1, 0.15) is 6.92 Å². The molecule has 8 heteroatoms. The van der Waals surface area contributed by atoms with Gasteiger partial charge in [-0.05, 0) is 31.2 Å². The van der Waals surface area contributed by atoms with Gasteiger partial charge in [0.15, 0.2) is 0 Å². The average Bonchev–Trinajstić information content (AvgIpc) is 2.48. The van der Waals surface area contributed by atoms with Crippen LogP contribution in [-0.2, 0) is 19.6 Å². The predicted molar refractivity (Wildman–Crippen MR) is 78.0 cm³/mol. The van der Waals surface area contributed by atoms with Crippen LogP contribution in [0.5, 0.6) is 0 Å². The van der Waals surface area contributed by atoms with Crippen molar-refractivity contribution in [1.82, 2.24) is 4.31 Å². The summed E-state index contributed by atoms with van der Waals surface area (Å²) in [5.74, 6) is -0.0873. The first-order chi connectivity index (χ1) is 9.96. The van der Waals surface area contributed by atoms with E-state index in [0.29, 0.717) is 11.5 Å². The highest BCUT2D eigenvalue weighted by Gasteiger charge is 2.38. The van der Waals surface area contributed by atoms with E-state index in [0.717, 1.165) is 16.4 Å². The van der Waals surface area contributed by atoms with Crippen molar-refractivity contribution in [3.63, 3.8) is 0 Å². The summed E-state index contributed by atoms with van der Waals surface area (Å²) in [5.41, 5.74) is 0. The number of carbonyl (C=O) groups is 1. The molecule has 0 radical (unpaired) electrons. The Labute approximate surface area is 127 Å². The minimum atomic E-state index is -3.84. The number of sulfonamides is 1. The van der Waals surface area contributed by atoms with Crippen LogP contribution >= 0.6 is 11.8 Å². The van der Waals surface area contributed by atoms with Gasteiger partial charge in [0, 0.05) is 18.1 Å². The van der Waals surface area contributed by atoms with Gasteiger partial charge < -0.3 is 4.74 Å². The van der Waals surface area contributed by atoms with Gasteiger partial charge in [0.2, 0.25) is 10.0 Å². The number of benzene rings is 1. The highest BCUT2D eigenvalue weighted by Crippen LogP contribution is 2.25. The standard InChI is InChI=1S/C13H16FNO4S2/c1-2-19-13(16)12-9-20-8-7-15(12)21(17,18)11-5-3-10(14)4-6-11/h3-6,12H,2,7-9H2,1H3. The fraction of sp³-hybridized carbons (Fsp3) is 0.462. The minimum Gasteiger partial charge on any atom is -0.465 e. The zero-order chi connectivity index (χ0) is 15.5. The summed E-state index contributed by atoms with van der Waals surface area (Å²) in [6.07, 6.45) is 0. The van der Waals surface area contributed by atoms with Gasteiger partial charge >= 0.3 is 5.97 Å². The van der Waals surface area contributed by atoms with Crippen molar-refractivity contribution in [3.05, 3.63) is 30.1 Å². The van der Waals surface area contributed by atoms with Crippen LogP contribution in [0.2, 0.25) is 0 Å². The third-order valence-corrected chi connectivity index (χ3v) is 6.00. The largest absolute Gasteiger partial charge is 0.465 e. The molecule has 0 aromatic heterocycles. The topological polar surface area (TPSA) is 63.7 Å². The van der Waals surface area contributed by atoms with E-state index in [9.17, 15) is 17.6 Å². The second-order valence-electron chi connectivity index (χ2n) is 4.41. The summed E-state index contributed by atoms with van der Waals surface area (Å²) in [5, 5.41) is 0. The van der Waals surface area contributed by atoms with Gasteiger partial charge in [-0.3, -0.25) is 4.79 Å². The van der Waals surface area contributed by atoms with Crippen molar-refractivity contribution in [3.8, 4) is 0 Å².